The highest BCUT2D eigenvalue weighted by Gasteiger charge is 2.30. The van der Waals surface area contributed by atoms with Gasteiger partial charge < -0.3 is 10.4 Å². The Kier molecular flexibility index (Phi) is 3.97. The highest BCUT2D eigenvalue weighted by Crippen LogP contribution is 2.20. The molecule has 0 aromatic carbocycles. The molecule has 0 unspecified atom stereocenters. The molecule has 1 saturated heterocycles. The number of likely N-dealkylation sites (N-methyl/N-ethyl adjacent to an activating group) is 1. The van der Waals surface area contributed by atoms with E-state index in [2.05, 4.69) is 34.1 Å². The van der Waals surface area contributed by atoms with E-state index in [-0.39, 0.29) is 0 Å². The second-order valence-electron chi connectivity index (χ2n) is 4.78. The van der Waals surface area contributed by atoms with Crippen molar-refractivity contribution in [3.8, 4) is 0 Å². The van der Waals surface area contributed by atoms with Gasteiger partial charge in [0, 0.05) is 13.1 Å². The van der Waals surface area contributed by atoms with Crippen molar-refractivity contribution in [2.45, 2.75) is 25.0 Å². The van der Waals surface area contributed by atoms with Crippen LogP contribution in [0.25, 0.3) is 0 Å². The third-order valence-electron chi connectivity index (χ3n) is 3.13. The molecular formula is C12H20N2OS. The first-order valence-electron chi connectivity index (χ1n) is 5.81. The Morgan fingerprint density at radius 2 is 2.25 bits per heavy atom. The van der Waals surface area contributed by atoms with Gasteiger partial charge in [0.15, 0.2) is 0 Å². The van der Waals surface area contributed by atoms with Gasteiger partial charge in [0.1, 0.15) is 0 Å². The molecule has 2 rings (SSSR count). The number of piperidine rings is 1. The summed E-state index contributed by atoms with van der Waals surface area (Å²) in [5.74, 6) is 0. The van der Waals surface area contributed by atoms with E-state index >= 15 is 0 Å². The molecule has 0 bridgehead atoms. The molecule has 0 spiro atoms. The summed E-state index contributed by atoms with van der Waals surface area (Å²) in [6.07, 6.45) is 1.72. The van der Waals surface area contributed by atoms with E-state index in [0.717, 1.165) is 39.0 Å². The van der Waals surface area contributed by atoms with Crippen LogP contribution in [0.2, 0.25) is 0 Å². The summed E-state index contributed by atoms with van der Waals surface area (Å²) in [5.41, 5.74) is 0.848. The van der Waals surface area contributed by atoms with Crippen molar-refractivity contribution < 1.29 is 5.11 Å². The Bertz CT molecular complexity index is 307. The fraction of sp³-hybridized carbons (Fsp3) is 0.667. The van der Waals surface area contributed by atoms with Crippen LogP contribution in [0, 0.1) is 0 Å². The summed E-state index contributed by atoms with van der Waals surface area (Å²) < 4.78 is 0. The van der Waals surface area contributed by atoms with Gasteiger partial charge in [-0.1, -0.05) is 0 Å². The van der Waals surface area contributed by atoms with Gasteiger partial charge in [0.2, 0.25) is 0 Å². The van der Waals surface area contributed by atoms with E-state index in [4.69, 9.17) is 0 Å². The first-order valence-corrected chi connectivity index (χ1v) is 6.75. The summed E-state index contributed by atoms with van der Waals surface area (Å²) in [6, 6.07) is 2.15. The zero-order valence-electron chi connectivity index (χ0n) is 9.78. The summed E-state index contributed by atoms with van der Waals surface area (Å²) in [6.45, 7) is 3.56. The van der Waals surface area contributed by atoms with Crippen molar-refractivity contribution in [3.63, 3.8) is 0 Å². The van der Waals surface area contributed by atoms with Gasteiger partial charge in [-0.05, 0) is 55.4 Å². The fourth-order valence-corrected chi connectivity index (χ4v) is 2.96. The SMILES string of the molecule is CN(Cc1ccsc1)CC1(O)CCNCC1. The number of nitrogens with zero attached hydrogens (tertiary/aromatic N) is 1. The molecule has 1 aromatic heterocycles. The monoisotopic (exact) mass is 240 g/mol. The maximum absolute atomic E-state index is 10.4. The molecule has 2 N–H and O–H groups in total. The van der Waals surface area contributed by atoms with Gasteiger partial charge in [-0.2, -0.15) is 11.3 Å². The molecule has 2 heterocycles. The van der Waals surface area contributed by atoms with E-state index in [0.29, 0.717) is 0 Å². The van der Waals surface area contributed by atoms with Crippen LogP contribution in [-0.4, -0.2) is 42.3 Å². The summed E-state index contributed by atoms with van der Waals surface area (Å²) in [4.78, 5) is 2.22. The molecule has 16 heavy (non-hydrogen) atoms. The van der Waals surface area contributed by atoms with Crippen molar-refractivity contribution in [1.29, 1.82) is 0 Å². The average molecular weight is 240 g/mol. The number of aliphatic hydroxyl groups is 1. The second kappa shape index (κ2) is 5.27. The van der Waals surface area contributed by atoms with E-state index < -0.39 is 5.60 Å². The average Bonchev–Trinajstić information content (AvgIpc) is 2.70. The molecular weight excluding hydrogens is 220 g/mol. The molecule has 3 nitrogen and oxygen atoms in total. The summed E-state index contributed by atoms with van der Waals surface area (Å²) in [5, 5.41) is 17.9. The number of rotatable bonds is 4. The number of nitrogens with one attached hydrogen (secondary N) is 1. The van der Waals surface area contributed by atoms with Gasteiger partial charge >= 0.3 is 0 Å². The van der Waals surface area contributed by atoms with Crippen molar-refractivity contribution in [3.05, 3.63) is 22.4 Å². The zero-order chi connectivity index (χ0) is 11.4. The van der Waals surface area contributed by atoms with Crippen LogP contribution in [0.3, 0.4) is 0 Å². The largest absolute Gasteiger partial charge is 0.388 e. The predicted octanol–water partition coefficient (Wildman–Crippen LogP) is 1.29. The summed E-state index contributed by atoms with van der Waals surface area (Å²) in [7, 11) is 2.08. The van der Waals surface area contributed by atoms with Crippen LogP contribution >= 0.6 is 11.3 Å². The van der Waals surface area contributed by atoms with E-state index in [1.54, 1.807) is 11.3 Å². The number of hydrogen-bond acceptors (Lipinski definition) is 4. The molecule has 1 aliphatic rings. The quantitative estimate of drug-likeness (QED) is 0.832. The molecule has 1 aromatic rings. The van der Waals surface area contributed by atoms with E-state index in [1.165, 1.54) is 5.56 Å². The molecule has 1 aliphatic heterocycles. The lowest BCUT2D eigenvalue weighted by atomic mass is 9.92. The molecule has 1 fully saturated rings. The highest BCUT2D eigenvalue weighted by molar-refractivity contribution is 7.07. The first kappa shape index (κ1) is 12.0. The number of thiophene rings is 1. The molecule has 0 radical (unpaired) electrons. The third-order valence-corrected chi connectivity index (χ3v) is 3.86. The van der Waals surface area contributed by atoms with Crippen molar-refractivity contribution >= 4 is 11.3 Å². The molecule has 0 amide bonds. The number of hydrogen-bond donors (Lipinski definition) is 2. The summed E-state index contributed by atoms with van der Waals surface area (Å²) >= 11 is 1.73. The van der Waals surface area contributed by atoms with Crippen LogP contribution in [0.5, 0.6) is 0 Å². The van der Waals surface area contributed by atoms with Crippen LogP contribution in [-0.2, 0) is 6.54 Å². The molecule has 0 aliphatic carbocycles. The predicted molar refractivity (Wildman–Crippen MR) is 67.7 cm³/mol. The Morgan fingerprint density at radius 3 is 2.88 bits per heavy atom. The Balaban J connectivity index is 1.84. The minimum Gasteiger partial charge on any atom is -0.388 e. The van der Waals surface area contributed by atoms with Gasteiger partial charge in [0.25, 0.3) is 0 Å². The third kappa shape index (κ3) is 3.28. The Labute approximate surface area is 101 Å². The van der Waals surface area contributed by atoms with E-state index in [1.807, 2.05) is 0 Å². The van der Waals surface area contributed by atoms with E-state index in [9.17, 15) is 5.11 Å². The van der Waals surface area contributed by atoms with Gasteiger partial charge in [-0.3, -0.25) is 4.90 Å². The minimum atomic E-state index is -0.490. The lowest BCUT2D eigenvalue weighted by molar-refractivity contribution is -0.0168. The van der Waals surface area contributed by atoms with Crippen LogP contribution in [0.15, 0.2) is 16.8 Å². The molecule has 0 atom stereocenters. The fourth-order valence-electron chi connectivity index (χ4n) is 2.30. The smallest absolute Gasteiger partial charge is 0.0798 e. The molecule has 0 saturated carbocycles. The first-order chi connectivity index (χ1) is 7.68. The van der Waals surface area contributed by atoms with Crippen LogP contribution in [0.4, 0.5) is 0 Å². The normalized spacial score (nSPS) is 20.2. The second-order valence-corrected chi connectivity index (χ2v) is 5.56. The lowest BCUT2D eigenvalue weighted by Gasteiger charge is -2.35. The van der Waals surface area contributed by atoms with Crippen LogP contribution < -0.4 is 5.32 Å². The topological polar surface area (TPSA) is 35.5 Å². The van der Waals surface area contributed by atoms with Crippen molar-refractivity contribution in [1.82, 2.24) is 10.2 Å². The zero-order valence-corrected chi connectivity index (χ0v) is 10.6. The van der Waals surface area contributed by atoms with Gasteiger partial charge in [0.05, 0.1) is 5.60 Å². The van der Waals surface area contributed by atoms with Gasteiger partial charge in [-0.15, -0.1) is 0 Å². The standard InChI is InChI=1S/C12H20N2OS/c1-14(8-11-2-7-16-9-11)10-12(15)3-5-13-6-4-12/h2,7,9,13,15H,3-6,8,10H2,1H3. The molecule has 4 heteroatoms. The Morgan fingerprint density at radius 1 is 1.50 bits per heavy atom. The van der Waals surface area contributed by atoms with Crippen molar-refractivity contribution in [2.75, 3.05) is 26.7 Å². The Hall–Kier alpha value is -0.420. The van der Waals surface area contributed by atoms with Gasteiger partial charge in [-0.25, -0.2) is 0 Å². The highest BCUT2D eigenvalue weighted by atomic mass is 32.1. The minimum absolute atomic E-state index is 0.490. The maximum atomic E-state index is 10.4. The van der Waals surface area contributed by atoms with Crippen molar-refractivity contribution in [2.24, 2.45) is 0 Å². The maximum Gasteiger partial charge on any atom is 0.0798 e. The van der Waals surface area contributed by atoms with Crippen LogP contribution in [0.1, 0.15) is 18.4 Å². The lowest BCUT2D eigenvalue weighted by Crippen LogP contribution is -2.48. The molecule has 90 valence electrons.